The van der Waals surface area contributed by atoms with Crippen LogP contribution in [-0.4, -0.2) is 42.5 Å². The van der Waals surface area contributed by atoms with Crippen LogP contribution < -0.4 is 0 Å². The minimum absolute atomic E-state index is 0.117. The van der Waals surface area contributed by atoms with Crippen molar-refractivity contribution in [1.82, 2.24) is 4.90 Å². The summed E-state index contributed by atoms with van der Waals surface area (Å²) in [5.41, 5.74) is 0.761. The number of ether oxygens (including phenoxy) is 1. The van der Waals surface area contributed by atoms with Gasteiger partial charge in [0.1, 0.15) is 6.10 Å². The zero-order valence-electron chi connectivity index (χ0n) is 12.0. The molecule has 2 fully saturated rings. The maximum Gasteiger partial charge on any atom is 0.192 e. The lowest BCUT2D eigenvalue weighted by molar-refractivity contribution is -0.0344. The van der Waals surface area contributed by atoms with Crippen LogP contribution in [0, 0.1) is 0 Å². The summed E-state index contributed by atoms with van der Waals surface area (Å²) in [6.45, 7) is 2.55. The molecule has 2 unspecified atom stereocenters. The zero-order chi connectivity index (χ0) is 14.2. The van der Waals surface area contributed by atoms with Gasteiger partial charge < -0.3 is 4.74 Å². The van der Waals surface area contributed by atoms with Crippen molar-refractivity contribution in [3.05, 3.63) is 48.0 Å². The second kappa shape index (κ2) is 5.24. The lowest BCUT2D eigenvalue weighted by atomic mass is 10.0. The number of rotatable bonds is 2. The molecule has 2 aliphatic rings. The third-order valence-electron chi connectivity index (χ3n) is 4.72. The van der Waals surface area contributed by atoms with E-state index in [0.717, 1.165) is 24.0 Å². The van der Waals surface area contributed by atoms with Crippen molar-refractivity contribution >= 4 is 16.6 Å². The fourth-order valence-corrected chi connectivity index (χ4v) is 3.50. The van der Waals surface area contributed by atoms with Gasteiger partial charge in [0, 0.05) is 18.2 Å². The number of morpholine rings is 1. The number of carbonyl (C=O) groups is 1. The van der Waals surface area contributed by atoms with Gasteiger partial charge in [-0.3, -0.25) is 9.69 Å². The number of fused-ring (bicyclic) bond motifs is 2. The molecule has 0 aromatic heterocycles. The number of hydrogen-bond donors (Lipinski definition) is 0. The first-order valence-electron chi connectivity index (χ1n) is 7.70. The highest BCUT2D eigenvalue weighted by molar-refractivity contribution is 6.02. The highest BCUT2D eigenvalue weighted by atomic mass is 16.5. The number of carbonyl (C=O) groups excluding carboxylic acids is 1. The van der Waals surface area contributed by atoms with Gasteiger partial charge in [0.05, 0.1) is 6.61 Å². The van der Waals surface area contributed by atoms with Crippen LogP contribution in [0.5, 0.6) is 0 Å². The molecule has 0 radical (unpaired) electrons. The van der Waals surface area contributed by atoms with Crippen LogP contribution in [0.25, 0.3) is 10.8 Å². The minimum atomic E-state index is -0.305. The summed E-state index contributed by atoms with van der Waals surface area (Å²) in [6, 6.07) is 14.6. The first-order valence-corrected chi connectivity index (χ1v) is 7.70. The number of hydrogen-bond acceptors (Lipinski definition) is 3. The molecule has 0 N–H and O–H groups in total. The van der Waals surface area contributed by atoms with E-state index in [1.165, 1.54) is 18.2 Å². The molecule has 4 rings (SSSR count). The first kappa shape index (κ1) is 13.0. The highest BCUT2D eigenvalue weighted by Gasteiger charge is 2.35. The number of nitrogens with zero attached hydrogens (tertiary/aromatic N) is 1. The molecule has 0 bridgehead atoms. The Morgan fingerprint density at radius 1 is 1.14 bits per heavy atom. The number of benzene rings is 2. The van der Waals surface area contributed by atoms with Crippen molar-refractivity contribution < 1.29 is 9.53 Å². The van der Waals surface area contributed by atoms with E-state index in [0.29, 0.717) is 12.6 Å². The molecule has 0 spiro atoms. The molecular formula is C18H19NO2. The van der Waals surface area contributed by atoms with E-state index in [2.05, 4.69) is 11.0 Å². The van der Waals surface area contributed by atoms with Crippen LogP contribution >= 0.6 is 0 Å². The van der Waals surface area contributed by atoms with E-state index in [4.69, 9.17) is 4.74 Å². The Morgan fingerprint density at radius 3 is 2.90 bits per heavy atom. The largest absolute Gasteiger partial charge is 0.367 e. The summed E-state index contributed by atoms with van der Waals surface area (Å²) in [4.78, 5) is 15.1. The van der Waals surface area contributed by atoms with E-state index in [9.17, 15) is 4.79 Å². The van der Waals surface area contributed by atoms with E-state index >= 15 is 0 Å². The molecule has 2 atom stereocenters. The zero-order valence-corrected chi connectivity index (χ0v) is 12.0. The van der Waals surface area contributed by atoms with Crippen LogP contribution in [0.4, 0.5) is 0 Å². The smallest absolute Gasteiger partial charge is 0.192 e. The summed E-state index contributed by atoms with van der Waals surface area (Å²) < 4.78 is 5.83. The van der Waals surface area contributed by atoms with Crippen molar-refractivity contribution in [3.8, 4) is 0 Å². The van der Waals surface area contributed by atoms with E-state index in [1.54, 1.807) is 0 Å². The maximum absolute atomic E-state index is 12.7. The Hall–Kier alpha value is -1.71. The van der Waals surface area contributed by atoms with Gasteiger partial charge in [0.2, 0.25) is 0 Å². The van der Waals surface area contributed by atoms with E-state index in [1.807, 2.05) is 36.4 Å². The molecule has 3 nitrogen and oxygen atoms in total. The summed E-state index contributed by atoms with van der Waals surface area (Å²) in [6.07, 6.45) is 2.13. The molecule has 3 heteroatoms. The summed E-state index contributed by atoms with van der Waals surface area (Å²) >= 11 is 0. The predicted molar refractivity (Wildman–Crippen MR) is 82.6 cm³/mol. The normalized spacial score (nSPS) is 25.9. The van der Waals surface area contributed by atoms with Crippen molar-refractivity contribution in [3.63, 3.8) is 0 Å². The Balaban J connectivity index is 1.58. The standard InChI is InChI=1S/C18H19NO2/c20-18(17-11-19-9-3-6-16(19)12-21-17)15-8-7-13-4-1-2-5-14(13)10-15/h1-2,4-5,7-8,10,16-17H,3,6,9,11-12H2. The summed E-state index contributed by atoms with van der Waals surface area (Å²) in [5, 5.41) is 2.27. The van der Waals surface area contributed by atoms with Crippen LogP contribution in [0.3, 0.4) is 0 Å². The Morgan fingerprint density at radius 2 is 2.00 bits per heavy atom. The quantitative estimate of drug-likeness (QED) is 0.793. The Kier molecular flexibility index (Phi) is 3.24. The monoisotopic (exact) mass is 281 g/mol. The summed E-state index contributed by atoms with van der Waals surface area (Å²) in [7, 11) is 0. The van der Waals surface area contributed by atoms with Gasteiger partial charge in [-0.25, -0.2) is 0 Å². The first-order chi connectivity index (χ1) is 10.3. The average molecular weight is 281 g/mol. The van der Waals surface area contributed by atoms with E-state index in [-0.39, 0.29) is 11.9 Å². The van der Waals surface area contributed by atoms with Gasteiger partial charge >= 0.3 is 0 Å². The van der Waals surface area contributed by atoms with Crippen molar-refractivity contribution in [2.45, 2.75) is 25.0 Å². The fraction of sp³-hybridized carbons (Fsp3) is 0.389. The van der Waals surface area contributed by atoms with Gasteiger partial charge in [-0.15, -0.1) is 0 Å². The molecule has 2 heterocycles. The highest BCUT2D eigenvalue weighted by Crippen LogP contribution is 2.25. The summed E-state index contributed by atoms with van der Waals surface area (Å²) in [5.74, 6) is 0.117. The van der Waals surface area contributed by atoms with Gasteiger partial charge in [0.15, 0.2) is 5.78 Å². The maximum atomic E-state index is 12.7. The Labute approximate surface area is 124 Å². The van der Waals surface area contributed by atoms with Crippen LogP contribution in [-0.2, 0) is 4.74 Å². The van der Waals surface area contributed by atoms with Crippen LogP contribution in [0.15, 0.2) is 42.5 Å². The molecule has 0 saturated carbocycles. The molecule has 2 aromatic rings. The molecule has 108 valence electrons. The van der Waals surface area contributed by atoms with Crippen molar-refractivity contribution in [2.75, 3.05) is 19.7 Å². The second-order valence-corrected chi connectivity index (χ2v) is 6.04. The number of ketones is 1. The van der Waals surface area contributed by atoms with E-state index < -0.39 is 0 Å². The van der Waals surface area contributed by atoms with Gasteiger partial charge in [0.25, 0.3) is 0 Å². The van der Waals surface area contributed by atoms with Gasteiger partial charge in [-0.2, -0.15) is 0 Å². The fourth-order valence-electron chi connectivity index (χ4n) is 3.50. The molecule has 0 amide bonds. The molecule has 21 heavy (non-hydrogen) atoms. The molecule has 2 aromatic carbocycles. The number of Topliss-reactive ketones (excluding diaryl/α,β-unsaturated/α-hetero) is 1. The SMILES string of the molecule is O=C(c1ccc2ccccc2c1)C1CN2CCCC2CO1. The van der Waals surface area contributed by atoms with Crippen LogP contribution in [0.2, 0.25) is 0 Å². The third kappa shape index (κ3) is 2.37. The van der Waals surface area contributed by atoms with Gasteiger partial charge in [-0.05, 0) is 36.2 Å². The van der Waals surface area contributed by atoms with Crippen LogP contribution in [0.1, 0.15) is 23.2 Å². The minimum Gasteiger partial charge on any atom is -0.367 e. The molecule has 0 aliphatic carbocycles. The second-order valence-electron chi connectivity index (χ2n) is 6.04. The lowest BCUT2D eigenvalue weighted by Gasteiger charge is -2.34. The van der Waals surface area contributed by atoms with Gasteiger partial charge in [-0.1, -0.05) is 36.4 Å². The average Bonchev–Trinajstić information content (AvgIpc) is 3.01. The van der Waals surface area contributed by atoms with Crippen molar-refractivity contribution in [2.24, 2.45) is 0 Å². The Bertz CT molecular complexity index is 682. The molecule has 2 saturated heterocycles. The molecular weight excluding hydrogens is 262 g/mol. The van der Waals surface area contributed by atoms with Crippen molar-refractivity contribution in [1.29, 1.82) is 0 Å². The lowest BCUT2D eigenvalue weighted by Crippen LogP contribution is -2.49. The molecule has 2 aliphatic heterocycles. The predicted octanol–water partition coefficient (Wildman–Crippen LogP) is 2.89. The topological polar surface area (TPSA) is 29.5 Å². The third-order valence-corrected chi connectivity index (χ3v) is 4.72.